The zero-order valence-electron chi connectivity index (χ0n) is 20.7. The number of benzene rings is 2. The Morgan fingerprint density at radius 1 is 1.00 bits per heavy atom. The summed E-state index contributed by atoms with van der Waals surface area (Å²) in [5, 5.41) is 13.7. The number of anilines is 2. The minimum Gasteiger partial charge on any atom is -0.492 e. The molecule has 0 aliphatic heterocycles. The topological polar surface area (TPSA) is 113 Å². The smallest absolute Gasteiger partial charge is 0.421 e. The standard InChI is InChI=1S/C26H27F3N4O5/c1-3-33(4-2)14-15-37-22-7-5-6-20(23(22)26(27,28)29)32-25(36)31-17-8-10-18(11-9-17)38-19-12-13-30-21(16-19)24(34)35/h5-13,16H,3-4,14-15H2,1-2H3,(H,34,35)(H2,31,32,36). The molecule has 0 aliphatic rings. The van der Waals surface area contributed by atoms with Crippen molar-refractivity contribution in [3.05, 3.63) is 72.1 Å². The number of likely N-dealkylation sites (N-methyl/N-ethyl adjacent to an activating group) is 1. The van der Waals surface area contributed by atoms with Gasteiger partial charge in [-0.15, -0.1) is 0 Å². The highest BCUT2D eigenvalue weighted by atomic mass is 19.4. The third kappa shape index (κ3) is 7.84. The van der Waals surface area contributed by atoms with Crippen LogP contribution in [0.3, 0.4) is 0 Å². The lowest BCUT2D eigenvalue weighted by atomic mass is 10.1. The number of carboxylic acid groups (broad SMARTS) is 1. The van der Waals surface area contributed by atoms with E-state index in [9.17, 15) is 22.8 Å². The first-order chi connectivity index (χ1) is 18.1. The van der Waals surface area contributed by atoms with Crippen molar-refractivity contribution in [3.63, 3.8) is 0 Å². The van der Waals surface area contributed by atoms with Crippen molar-refractivity contribution >= 4 is 23.4 Å². The molecule has 0 spiro atoms. The Morgan fingerprint density at radius 3 is 2.34 bits per heavy atom. The summed E-state index contributed by atoms with van der Waals surface area (Å²) in [4.78, 5) is 29.3. The Morgan fingerprint density at radius 2 is 1.71 bits per heavy atom. The minimum absolute atomic E-state index is 0.0615. The second-order valence-corrected chi connectivity index (χ2v) is 7.94. The summed E-state index contributed by atoms with van der Waals surface area (Å²) < 4.78 is 52.7. The first kappa shape index (κ1) is 28.3. The number of halogens is 3. The summed E-state index contributed by atoms with van der Waals surface area (Å²) in [5.74, 6) is -0.986. The molecule has 2 aromatic carbocycles. The molecule has 12 heteroatoms. The molecule has 1 heterocycles. The van der Waals surface area contributed by atoms with Crippen LogP contribution in [0.25, 0.3) is 0 Å². The molecule has 0 saturated carbocycles. The van der Waals surface area contributed by atoms with Crippen molar-refractivity contribution in [1.82, 2.24) is 9.88 Å². The van der Waals surface area contributed by atoms with Gasteiger partial charge in [-0.05, 0) is 55.6 Å². The fourth-order valence-corrected chi connectivity index (χ4v) is 3.49. The number of rotatable bonds is 11. The van der Waals surface area contributed by atoms with Crippen LogP contribution in [-0.4, -0.2) is 53.2 Å². The Hall–Kier alpha value is -4.32. The molecule has 0 saturated heterocycles. The molecule has 9 nitrogen and oxygen atoms in total. The minimum atomic E-state index is -4.76. The number of hydrogen-bond donors (Lipinski definition) is 3. The summed E-state index contributed by atoms with van der Waals surface area (Å²) in [6.45, 7) is 5.92. The van der Waals surface area contributed by atoms with Gasteiger partial charge in [0.2, 0.25) is 0 Å². The number of nitrogens with one attached hydrogen (secondary N) is 2. The van der Waals surface area contributed by atoms with Gasteiger partial charge in [-0.2, -0.15) is 13.2 Å². The number of nitrogens with zero attached hydrogens (tertiary/aromatic N) is 2. The normalized spacial score (nSPS) is 11.2. The maximum Gasteiger partial charge on any atom is 0.421 e. The monoisotopic (exact) mass is 532 g/mol. The van der Waals surface area contributed by atoms with E-state index >= 15 is 0 Å². The van der Waals surface area contributed by atoms with Gasteiger partial charge in [0.05, 0.1) is 5.69 Å². The maximum absolute atomic E-state index is 13.9. The molecule has 2 amide bonds. The number of urea groups is 1. The molecule has 0 unspecified atom stereocenters. The summed E-state index contributed by atoms with van der Waals surface area (Å²) in [6, 6.07) is 11.5. The van der Waals surface area contributed by atoms with Crippen molar-refractivity contribution in [2.75, 3.05) is 36.9 Å². The second kappa shape index (κ2) is 12.8. The molecule has 0 aliphatic carbocycles. The molecule has 1 aromatic heterocycles. The van der Waals surface area contributed by atoms with Gasteiger partial charge >= 0.3 is 18.2 Å². The van der Waals surface area contributed by atoms with E-state index in [1.54, 1.807) is 0 Å². The molecule has 202 valence electrons. The number of carbonyl (C=O) groups excluding carboxylic acids is 1. The van der Waals surface area contributed by atoms with E-state index in [-0.39, 0.29) is 29.5 Å². The molecule has 3 aromatic rings. The number of carboxylic acids is 1. The van der Waals surface area contributed by atoms with E-state index in [4.69, 9.17) is 14.6 Å². The average Bonchev–Trinajstić information content (AvgIpc) is 2.87. The number of alkyl halides is 3. The number of aromatic nitrogens is 1. The van der Waals surface area contributed by atoms with Gasteiger partial charge in [0.1, 0.15) is 29.4 Å². The van der Waals surface area contributed by atoms with Crippen LogP contribution in [-0.2, 0) is 6.18 Å². The maximum atomic E-state index is 13.9. The number of aromatic carboxylic acids is 1. The predicted molar refractivity (Wildman–Crippen MR) is 135 cm³/mol. The van der Waals surface area contributed by atoms with Crippen LogP contribution < -0.4 is 20.1 Å². The lowest BCUT2D eigenvalue weighted by molar-refractivity contribution is -0.138. The van der Waals surface area contributed by atoms with Gasteiger partial charge in [0.25, 0.3) is 0 Å². The van der Waals surface area contributed by atoms with E-state index < -0.39 is 29.4 Å². The van der Waals surface area contributed by atoms with Crippen molar-refractivity contribution in [3.8, 4) is 17.2 Å². The molecule has 3 N–H and O–H groups in total. The SMILES string of the molecule is CCN(CC)CCOc1cccc(NC(=O)Nc2ccc(Oc3ccnc(C(=O)O)c3)cc2)c1C(F)(F)F. The molecular formula is C26H27F3N4O5. The predicted octanol–water partition coefficient (Wildman–Crippen LogP) is 5.96. The van der Waals surface area contributed by atoms with Gasteiger partial charge in [0, 0.05) is 24.5 Å². The summed E-state index contributed by atoms with van der Waals surface area (Å²) in [5.41, 5.74) is -1.41. The van der Waals surface area contributed by atoms with Gasteiger partial charge in [-0.3, -0.25) is 0 Å². The Balaban J connectivity index is 1.67. The van der Waals surface area contributed by atoms with E-state index in [1.165, 1.54) is 54.7 Å². The third-order valence-corrected chi connectivity index (χ3v) is 5.42. The largest absolute Gasteiger partial charge is 0.492 e. The molecule has 0 radical (unpaired) electrons. The van der Waals surface area contributed by atoms with Crippen molar-refractivity contribution in [2.24, 2.45) is 0 Å². The lowest BCUT2D eigenvalue weighted by Crippen LogP contribution is -2.28. The Bertz CT molecular complexity index is 1250. The average molecular weight is 533 g/mol. The van der Waals surface area contributed by atoms with Crippen LogP contribution in [0.4, 0.5) is 29.3 Å². The van der Waals surface area contributed by atoms with Crippen LogP contribution >= 0.6 is 0 Å². The summed E-state index contributed by atoms with van der Waals surface area (Å²) >= 11 is 0. The highest BCUT2D eigenvalue weighted by Crippen LogP contribution is 2.41. The van der Waals surface area contributed by atoms with E-state index in [0.29, 0.717) is 12.3 Å². The number of hydrogen-bond acceptors (Lipinski definition) is 6. The van der Waals surface area contributed by atoms with Crippen molar-refractivity contribution in [2.45, 2.75) is 20.0 Å². The van der Waals surface area contributed by atoms with Gasteiger partial charge in [-0.25, -0.2) is 14.6 Å². The Labute approximate surface area is 217 Å². The number of pyridine rings is 1. The van der Waals surface area contributed by atoms with E-state index in [1.807, 2.05) is 18.7 Å². The fraction of sp³-hybridized carbons (Fsp3) is 0.269. The fourth-order valence-electron chi connectivity index (χ4n) is 3.49. The summed E-state index contributed by atoms with van der Waals surface area (Å²) in [6.07, 6.45) is -3.47. The number of amides is 2. The summed E-state index contributed by atoms with van der Waals surface area (Å²) in [7, 11) is 0. The highest BCUT2D eigenvalue weighted by Gasteiger charge is 2.38. The molecule has 0 fully saturated rings. The van der Waals surface area contributed by atoms with Gasteiger partial charge < -0.3 is 30.1 Å². The highest BCUT2D eigenvalue weighted by molar-refractivity contribution is 6.00. The van der Waals surface area contributed by atoms with Crippen LogP contribution in [0.5, 0.6) is 17.2 Å². The second-order valence-electron chi connectivity index (χ2n) is 7.94. The van der Waals surface area contributed by atoms with Crippen molar-refractivity contribution < 1.29 is 37.3 Å². The first-order valence-electron chi connectivity index (χ1n) is 11.7. The molecule has 3 rings (SSSR count). The van der Waals surface area contributed by atoms with Crippen LogP contribution in [0.15, 0.2) is 60.8 Å². The first-order valence-corrected chi connectivity index (χ1v) is 11.7. The number of carbonyl (C=O) groups is 2. The molecule has 0 atom stereocenters. The number of ether oxygens (including phenoxy) is 2. The van der Waals surface area contributed by atoms with E-state index in [0.717, 1.165) is 19.2 Å². The quantitative estimate of drug-likeness (QED) is 0.279. The van der Waals surface area contributed by atoms with Crippen LogP contribution in [0.1, 0.15) is 29.9 Å². The van der Waals surface area contributed by atoms with E-state index in [2.05, 4.69) is 15.6 Å². The zero-order chi connectivity index (χ0) is 27.7. The van der Waals surface area contributed by atoms with Gasteiger partial charge in [-0.1, -0.05) is 19.9 Å². The molecule has 0 bridgehead atoms. The van der Waals surface area contributed by atoms with Crippen LogP contribution in [0, 0.1) is 0 Å². The third-order valence-electron chi connectivity index (χ3n) is 5.42. The molecule has 38 heavy (non-hydrogen) atoms. The lowest BCUT2D eigenvalue weighted by Gasteiger charge is -2.21. The van der Waals surface area contributed by atoms with Crippen LogP contribution in [0.2, 0.25) is 0 Å². The molecular weight excluding hydrogens is 505 g/mol. The van der Waals surface area contributed by atoms with Gasteiger partial charge in [0.15, 0.2) is 5.69 Å². The Kier molecular flexibility index (Phi) is 9.49. The zero-order valence-corrected chi connectivity index (χ0v) is 20.7. The van der Waals surface area contributed by atoms with Crippen molar-refractivity contribution in [1.29, 1.82) is 0 Å².